The molecule has 0 unspecified atom stereocenters. The highest BCUT2D eigenvalue weighted by Gasteiger charge is 2.29. The lowest BCUT2D eigenvalue weighted by atomic mass is 9.98. The molecule has 0 aromatic heterocycles. The molecule has 0 saturated carbocycles. The van der Waals surface area contributed by atoms with Crippen LogP contribution in [-0.4, -0.2) is 48.9 Å². The first-order valence-corrected chi connectivity index (χ1v) is 6.08. The van der Waals surface area contributed by atoms with Gasteiger partial charge in [-0.25, -0.2) is 4.79 Å². The fourth-order valence-electron chi connectivity index (χ4n) is 1.50. The molecule has 0 bridgehead atoms. The van der Waals surface area contributed by atoms with Gasteiger partial charge in [0.25, 0.3) is 0 Å². The lowest BCUT2D eigenvalue weighted by Gasteiger charge is -2.29. The van der Waals surface area contributed by atoms with Gasteiger partial charge in [0.2, 0.25) is 0 Å². The van der Waals surface area contributed by atoms with Crippen LogP contribution in [0.3, 0.4) is 0 Å². The normalized spacial score (nSPS) is 20.1. The van der Waals surface area contributed by atoms with E-state index < -0.39 is 5.41 Å². The Bertz CT molecular complexity index is 367. The zero-order chi connectivity index (χ0) is 13.9. The Morgan fingerprint density at radius 1 is 1.39 bits per heavy atom. The van der Waals surface area contributed by atoms with Crippen molar-refractivity contribution >= 4 is 11.8 Å². The Kier molecular flexibility index (Phi) is 4.51. The van der Waals surface area contributed by atoms with E-state index in [1.165, 1.54) is 0 Å². The molecular formula is C13H22N2O3. The Morgan fingerprint density at radius 3 is 2.50 bits per heavy atom. The predicted molar refractivity (Wildman–Crippen MR) is 68.5 cm³/mol. The molecule has 0 aromatic rings. The molecule has 1 aliphatic rings. The second-order valence-corrected chi connectivity index (χ2v) is 5.78. The summed E-state index contributed by atoms with van der Waals surface area (Å²) in [5.41, 5.74) is 0.139. The van der Waals surface area contributed by atoms with Crippen molar-refractivity contribution in [1.29, 1.82) is 0 Å². The first-order chi connectivity index (χ1) is 8.20. The van der Waals surface area contributed by atoms with Crippen LogP contribution in [0, 0.1) is 5.41 Å². The van der Waals surface area contributed by atoms with E-state index in [2.05, 4.69) is 0 Å². The molecule has 1 heterocycles. The van der Waals surface area contributed by atoms with Gasteiger partial charge >= 0.3 is 5.97 Å². The molecule has 0 aromatic carbocycles. The van der Waals surface area contributed by atoms with E-state index in [-0.39, 0.29) is 11.8 Å². The van der Waals surface area contributed by atoms with Crippen LogP contribution in [0.15, 0.2) is 11.8 Å². The average Bonchev–Trinajstić information content (AvgIpc) is 2.20. The van der Waals surface area contributed by atoms with E-state index in [9.17, 15) is 9.59 Å². The molecular weight excluding hydrogens is 232 g/mol. The van der Waals surface area contributed by atoms with Gasteiger partial charge in [-0.15, -0.1) is 5.06 Å². The second kappa shape index (κ2) is 5.52. The van der Waals surface area contributed by atoms with E-state index in [0.717, 1.165) is 0 Å². The molecule has 0 amide bonds. The maximum Gasteiger partial charge on any atom is 0.330 e. The third kappa shape index (κ3) is 4.14. The Labute approximate surface area is 108 Å². The molecule has 0 spiro atoms. The summed E-state index contributed by atoms with van der Waals surface area (Å²) in [4.78, 5) is 30.6. The number of rotatable bonds is 2. The van der Waals surface area contributed by atoms with Crippen molar-refractivity contribution in [2.24, 2.45) is 5.41 Å². The maximum atomic E-state index is 11.8. The number of hydrogen-bond donors (Lipinski definition) is 0. The van der Waals surface area contributed by atoms with Crippen molar-refractivity contribution in [3.63, 3.8) is 0 Å². The van der Waals surface area contributed by atoms with Gasteiger partial charge in [0, 0.05) is 38.8 Å². The van der Waals surface area contributed by atoms with Gasteiger partial charge in [-0.2, -0.15) is 0 Å². The highest BCUT2D eigenvalue weighted by molar-refractivity contribution is 5.96. The van der Waals surface area contributed by atoms with Gasteiger partial charge in [-0.3, -0.25) is 4.79 Å². The van der Waals surface area contributed by atoms with Crippen molar-refractivity contribution in [1.82, 2.24) is 9.96 Å². The average molecular weight is 254 g/mol. The number of nitrogens with zero attached hydrogens (tertiary/aromatic N) is 2. The first kappa shape index (κ1) is 14.7. The third-order valence-electron chi connectivity index (χ3n) is 2.53. The number of hydroxylamine groups is 2. The van der Waals surface area contributed by atoms with Crippen molar-refractivity contribution in [3.8, 4) is 0 Å². The summed E-state index contributed by atoms with van der Waals surface area (Å²) in [5, 5.41) is 1.56. The predicted octanol–water partition coefficient (Wildman–Crippen LogP) is 1.21. The standard InChI is InChI=1S/C13H22N2O3/c1-13(2,3)12(17)18-15-7-6-11(16)10(9-15)8-14(4)5/h8H,6-7,9H2,1-5H3. The van der Waals surface area contributed by atoms with Crippen molar-refractivity contribution in [2.45, 2.75) is 27.2 Å². The minimum Gasteiger partial charge on any atom is -0.383 e. The lowest BCUT2D eigenvalue weighted by Crippen LogP contribution is -2.40. The van der Waals surface area contributed by atoms with Crippen molar-refractivity contribution in [2.75, 3.05) is 27.2 Å². The van der Waals surface area contributed by atoms with Gasteiger partial charge in [-0.05, 0) is 20.8 Å². The summed E-state index contributed by atoms with van der Waals surface area (Å²) in [6.45, 7) is 6.24. The lowest BCUT2D eigenvalue weighted by molar-refractivity contribution is -0.200. The molecule has 5 heteroatoms. The second-order valence-electron chi connectivity index (χ2n) is 5.78. The molecule has 5 nitrogen and oxygen atoms in total. The number of carbonyl (C=O) groups is 2. The third-order valence-corrected chi connectivity index (χ3v) is 2.53. The quantitative estimate of drug-likeness (QED) is 0.693. The molecule has 102 valence electrons. The summed E-state index contributed by atoms with van der Waals surface area (Å²) >= 11 is 0. The molecule has 1 rings (SSSR count). The smallest absolute Gasteiger partial charge is 0.330 e. The van der Waals surface area contributed by atoms with Crippen LogP contribution in [0.1, 0.15) is 27.2 Å². The highest BCUT2D eigenvalue weighted by Crippen LogP contribution is 2.19. The number of carbonyl (C=O) groups excluding carboxylic acids is 2. The van der Waals surface area contributed by atoms with Crippen molar-refractivity contribution in [3.05, 3.63) is 11.8 Å². The minimum absolute atomic E-state index is 0.117. The van der Waals surface area contributed by atoms with Crippen LogP contribution in [0.25, 0.3) is 0 Å². The summed E-state index contributed by atoms with van der Waals surface area (Å²) < 4.78 is 0. The fraction of sp³-hybridized carbons (Fsp3) is 0.692. The Morgan fingerprint density at radius 2 is 2.00 bits per heavy atom. The van der Waals surface area contributed by atoms with Crippen LogP contribution in [0.5, 0.6) is 0 Å². The highest BCUT2D eigenvalue weighted by atomic mass is 16.7. The van der Waals surface area contributed by atoms with E-state index >= 15 is 0 Å². The van der Waals surface area contributed by atoms with Crippen LogP contribution < -0.4 is 0 Å². The molecule has 18 heavy (non-hydrogen) atoms. The van der Waals surface area contributed by atoms with Crippen LogP contribution in [-0.2, 0) is 14.4 Å². The number of hydrogen-bond acceptors (Lipinski definition) is 5. The van der Waals surface area contributed by atoms with E-state index in [0.29, 0.717) is 25.1 Å². The van der Waals surface area contributed by atoms with E-state index in [1.54, 1.807) is 32.0 Å². The van der Waals surface area contributed by atoms with Gasteiger partial charge in [0.15, 0.2) is 5.78 Å². The zero-order valence-electron chi connectivity index (χ0n) is 11.8. The minimum atomic E-state index is -0.535. The largest absolute Gasteiger partial charge is 0.383 e. The Balaban J connectivity index is 2.66. The summed E-state index contributed by atoms with van der Waals surface area (Å²) in [6.07, 6.45) is 2.16. The van der Waals surface area contributed by atoms with Crippen LogP contribution >= 0.6 is 0 Å². The monoisotopic (exact) mass is 254 g/mol. The number of piperidine rings is 1. The number of ketones is 1. The van der Waals surface area contributed by atoms with Gasteiger partial charge < -0.3 is 9.74 Å². The molecule has 0 N–H and O–H groups in total. The van der Waals surface area contributed by atoms with Crippen molar-refractivity contribution < 1.29 is 14.4 Å². The zero-order valence-corrected chi connectivity index (χ0v) is 11.8. The topological polar surface area (TPSA) is 49.9 Å². The SMILES string of the molecule is CN(C)C=C1CN(OC(=O)C(C)(C)C)CCC1=O. The summed E-state index contributed by atoms with van der Waals surface area (Å²) in [7, 11) is 3.72. The van der Waals surface area contributed by atoms with E-state index in [1.807, 2.05) is 19.0 Å². The molecule has 1 saturated heterocycles. The molecule has 1 aliphatic heterocycles. The summed E-state index contributed by atoms with van der Waals surface area (Å²) in [6, 6.07) is 0. The molecule has 0 radical (unpaired) electrons. The molecule has 0 aliphatic carbocycles. The molecule has 0 atom stereocenters. The summed E-state index contributed by atoms with van der Waals surface area (Å²) in [5.74, 6) is -0.159. The van der Waals surface area contributed by atoms with Gasteiger partial charge in [0.05, 0.1) is 12.0 Å². The molecule has 1 fully saturated rings. The Hall–Kier alpha value is -1.36. The first-order valence-electron chi connectivity index (χ1n) is 6.08. The maximum absolute atomic E-state index is 11.8. The van der Waals surface area contributed by atoms with Gasteiger partial charge in [-0.1, -0.05) is 0 Å². The number of Topliss-reactive ketones (excluding diaryl/α,β-unsaturated/α-hetero) is 1. The van der Waals surface area contributed by atoms with Crippen LogP contribution in [0.2, 0.25) is 0 Å². The fourth-order valence-corrected chi connectivity index (χ4v) is 1.50. The van der Waals surface area contributed by atoms with Crippen LogP contribution in [0.4, 0.5) is 0 Å². The van der Waals surface area contributed by atoms with Gasteiger partial charge in [0.1, 0.15) is 0 Å². The van der Waals surface area contributed by atoms with E-state index in [4.69, 9.17) is 4.84 Å².